The van der Waals surface area contributed by atoms with Gasteiger partial charge in [-0.1, -0.05) is 32.0 Å². The molecule has 2 heterocycles. The van der Waals surface area contributed by atoms with Gasteiger partial charge in [-0.3, -0.25) is 5.10 Å². The number of carbonyl (C=O) groups excluding carboxylic acids is 1. The van der Waals surface area contributed by atoms with Crippen molar-refractivity contribution in [2.24, 2.45) is 5.92 Å². The lowest BCUT2D eigenvalue weighted by Crippen LogP contribution is -2.13. The van der Waals surface area contributed by atoms with E-state index in [-0.39, 0.29) is 5.97 Å². The summed E-state index contributed by atoms with van der Waals surface area (Å²) in [6, 6.07) is 8.26. The molecular formula is C18H19N3O2. The topological polar surface area (TPSA) is 70.8 Å². The average molecular weight is 309 g/mol. The second-order valence-corrected chi connectivity index (χ2v) is 6.44. The number of nitrogens with zero attached hydrogens (tertiary/aromatic N) is 1. The summed E-state index contributed by atoms with van der Waals surface area (Å²) in [5.41, 5.74) is 5.70. The van der Waals surface area contributed by atoms with Gasteiger partial charge < -0.3 is 9.72 Å². The predicted octanol–water partition coefficient (Wildman–Crippen LogP) is 3.47. The van der Waals surface area contributed by atoms with E-state index in [0.717, 1.165) is 35.3 Å². The van der Waals surface area contributed by atoms with Gasteiger partial charge in [0.15, 0.2) is 0 Å². The normalized spacial score (nSPS) is 13.2. The minimum atomic E-state index is -0.313. The summed E-state index contributed by atoms with van der Waals surface area (Å²) in [4.78, 5) is 15.7. The van der Waals surface area contributed by atoms with E-state index in [0.29, 0.717) is 18.2 Å². The zero-order valence-corrected chi connectivity index (χ0v) is 13.3. The molecule has 2 aromatic heterocycles. The maximum atomic E-state index is 12.3. The van der Waals surface area contributed by atoms with Gasteiger partial charge >= 0.3 is 5.97 Å². The van der Waals surface area contributed by atoms with Crippen LogP contribution in [-0.4, -0.2) is 27.8 Å². The Kier molecular flexibility index (Phi) is 3.22. The molecule has 0 unspecified atom stereocenters. The van der Waals surface area contributed by atoms with Crippen LogP contribution in [0.15, 0.2) is 24.3 Å². The van der Waals surface area contributed by atoms with Crippen LogP contribution in [0.25, 0.3) is 22.3 Å². The Morgan fingerprint density at radius 2 is 2.04 bits per heavy atom. The standard InChI is InChI=1S/C18H19N3O2/c1-10(2)9-23-18(22)17-13-8-7-12-11-5-3-4-6-14(11)19-15(12)16(13)20-21-17/h3-6,10,19H,7-9H2,1-2H3,(H,20,21). The van der Waals surface area contributed by atoms with E-state index in [2.05, 4.69) is 27.3 Å². The van der Waals surface area contributed by atoms with Crippen LogP contribution < -0.4 is 0 Å². The number of hydrogen-bond donors (Lipinski definition) is 2. The summed E-state index contributed by atoms with van der Waals surface area (Å²) in [5.74, 6) is 0.00465. The molecule has 5 heteroatoms. The van der Waals surface area contributed by atoms with Crippen molar-refractivity contribution in [2.45, 2.75) is 26.7 Å². The Hall–Kier alpha value is -2.56. The van der Waals surface area contributed by atoms with E-state index in [9.17, 15) is 4.79 Å². The summed E-state index contributed by atoms with van der Waals surface area (Å²) >= 11 is 0. The molecule has 1 aromatic carbocycles. The van der Waals surface area contributed by atoms with Gasteiger partial charge in [0.05, 0.1) is 12.3 Å². The molecule has 0 amide bonds. The molecule has 23 heavy (non-hydrogen) atoms. The van der Waals surface area contributed by atoms with Crippen molar-refractivity contribution < 1.29 is 9.53 Å². The van der Waals surface area contributed by atoms with Gasteiger partial charge in [0.25, 0.3) is 0 Å². The molecule has 4 rings (SSSR count). The molecule has 0 spiro atoms. The molecule has 0 bridgehead atoms. The lowest BCUT2D eigenvalue weighted by molar-refractivity contribution is 0.0450. The van der Waals surface area contributed by atoms with Crippen molar-refractivity contribution in [2.75, 3.05) is 6.61 Å². The first-order valence-electron chi connectivity index (χ1n) is 7.99. The first-order chi connectivity index (χ1) is 11.1. The highest BCUT2D eigenvalue weighted by atomic mass is 16.5. The molecule has 0 saturated carbocycles. The second kappa shape index (κ2) is 5.26. The van der Waals surface area contributed by atoms with E-state index in [4.69, 9.17) is 4.74 Å². The zero-order valence-electron chi connectivity index (χ0n) is 13.3. The maximum Gasteiger partial charge on any atom is 0.356 e. The van der Waals surface area contributed by atoms with Crippen LogP contribution >= 0.6 is 0 Å². The molecule has 0 aliphatic heterocycles. The number of para-hydroxylation sites is 1. The molecule has 0 radical (unpaired) electrons. The van der Waals surface area contributed by atoms with Crippen LogP contribution in [0, 0.1) is 5.92 Å². The fourth-order valence-electron chi connectivity index (χ4n) is 3.21. The van der Waals surface area contributed by atoms with Gasteiger partial charge in [-0.15, -0.1) is 0 Å². The first-order valence-corrected chi connectivity index (χ1v) is 7.99. The molecule has 0 atom stereocenters. The van der Waals surface area contributed by atoms with Crippen LogP contribution in [0.1, 0.15) is 35.5 Å². The van der Waals surface area contributed by atoms with Crippen molar-refractivity contribution in [1.82, 2.24) is 15.2 Å². The number of nitrogens with one attached hydrogen (secondary N) is 2. The third-order valence-electron chi connectivity index (χ3n) is 4.29. The highest BCUT2D eigenvalue weighted by molar-refractivity contribution is 5.95. The number of aromatic nitrogens is 3. The Balaban J connectivity index is 1.74. The lowest BCUT2D eigenvalue weighted by atomic mass is 9.92. The maximum absolute atomic E-state index is 12.3. The summed E-state index contributed by atoms with van der Waals surface area (Å²) < 4.78 is 5.34. The number of hydrogen-bond acceptors (Lipinski definition) is 3. The van der Waals surface area contributed by atoms with Gasteiger partial charge in [0, 0.05) is 16.5 Å². The van der Waals surface area contributed by atoms with Crippen molar-refractivity contribution in [3.05, 3.63) is 41.1 Å². The molecule has 1 aliphatic rings. The molecule has 0 saturated heterocycles. The largest absolute Gasteiger partial charge is 0.461 e. The zero-order chi connectivity index (χ0) is 16.0. The van der Waals surface area contributed by atoms with Crippen LogP contribution in [0.4, 0.5) is 0 Å². The minimum Gasteiger partial charge on any atom is -0.461 e. The fraction of sp³-hybridized carbons (Fsp3) is 0.333. The summed E-state index contributed by atoms with van der Waals surface area (Å²) in [6.07, 6.45) is 1.70. The third kappa shape index (κ3) is 2.23. The second-order valence-electron chi connectivity index (χ2n) is 6.44. The Morgan fingerprint density at radius 1 is 1.26 bits per heavy atom. The van der Waals surface area contributed by atoms with Crippen LogP contribution in [0.3, 0.4) is 0 Å². The van der Waals surface area contributed by atoms with Crippen molar-refractivity contribution in [1.29, 1.82) is 0 Å². The number of fused-ring (bicyclic) bond motifs is 5. The number of aromatic amines is 2. The highest BCUT2D eigenvalue weighted by Gasteiger charge is 2.28. The number of H-pyrrole nitrogens is 2. The smallest absolute Gasteiger partial charge is 0.356 e. The van der Waals surface area contributed by atoms with Gasteiger partial charge in [-0.2, -0.15) is 5.10 Å². The predicted molar refractivity (Wildman–Crippen MR) is 88.4 cm³/mol. The van der Waals surface area contributed by atoms with Gasteiger partial charge in [-0.25, -0.2) is 4.79 Å². The first kappa shape index (κ1) is 14.1. The third-order valence-corrected chi connectivity index (χ3v) is 4.29. The number of rotatable bonds is 3. The number of carbonyl (C=O) groups is 1. The van der Waals surface area contributed by atoms with Gasteiger partial charge in [0.1, 0.15) is 11.4 Å². The summed E-state index contributed by atoms with van der Waals surface area (Å²) in [6.45, 7) is 4.46. The van der Waals surface area contributed by atoms with E-state index < -0.39 is 0 Å². The highest BCUT2D eigenvalue weighted by Crippen LogP contribution is 2.37. The summed E-state index contributed by atoms with van der Waals surface area (Å²) in [7, 11) is 0. The number of ether oxygens (including phenoxy) is 1. The lowest BCUT2D eigenvalue weighted by Gasteiger charge is -2.13. The number of aryl methyl sites for hydroxylation is 1. The van der Waals surface area contributed by atoms with E-state index in [1.54, 1.807) is 0 Å². The Bertz CT molecular complexity index is 889. The fourth-order valence-corrected chi connectivity index (χ4v) is 3.21. The van der Waals surface area contributed by atoms with E-state index >= 15 is 0 Å². The Morgan fingerprint density at radius 3 is 2.87 bits per heavy atom. The quantitative estimate of drug-likeness (QED) is 0.728. The van der Waals surface area contributed by atoms with Gasteiger partial charge in [-0.05, 0) is 30.4 Å². The van der Waals surface area contributed by atoms with Gasteiger partial charge in [0.2, 0.25) is 0 Å². The van der Waals surface area contributed by atoms with Crippen LogP contribution in [0.5, 0.6) is 0 Å². The molecule has 0 fully saturated rings. The Labute approximate surface area is 134 Å². The SMILES string of the molecule is CC(C)COC(=O)c1[nH]nc2c1CCc1c-2[nH]c2ccccc12. The van der Waals surface area contributed by atoms with Crippen molar-refractivity contribution in [3.63, 3.8) is 0 Å². The number of benzene rings is 1. The monoisotopic (exact) mass is 309 g/mol. The van der Waals surface area contributed by atoms with Crippen molar-refractivity contribution >= 4 is 16.9 Å². The molecular weight excluding hydrogens is 290 g/mol. The summed E-state index contributed by atoms with van der Waals surface area (Å²) in [5, 5.41) is 8.50. The van der Waals surface area contributed by atoms with E-state index in [1.165, 1.54) is 10.9 Å². The van der Waals surface area contributed by atoms with Crippen molar-refractivity contribution in [3.8, 4) is 11.4 Å². The average Bonchev–Trinajstić information content (AvgIpc) is 3.13. The molecule has 3 aromatic rings. The van der Waals surface area contributed by atoms with Crippen LogP contribution in [0.2, 0.25) is 0 Å². The number of esters is 1. The molecule has 5 nitrogen and oxygen atoms in total. The van der Waals surface area contributed by atoms with E-state index in [1.807, 2.05) is 26.0 Å². The van der Waals surface area contributed by atoms with Crippen LogP contribution in [-0.2, 0) is 17.6 Å². The molecule has 118 valence electrons. The minimum absolute atomic E-state index is 0.313. The molecule has 2 N–H and O–H groups in total. The molecule has 1 aliphatic carbocycles.